The summed E-state index contributed by atoms with van der Waals surface area (Å²) < 4.78 is 0.848. The molecule has 3 amide bonds. The van der Waals surface area contributed by atoms with Crippen LogP contribution in [0.15, 0.2) is 77.3 Å². The molecule has 7 nitrogen and oxygen atoms in total. The Morgan fingerprint density at radius 3 is 2.00 bits per heavy atom. The van der Waals surface area contributed by atoms with E-state index in [0.29, 0.717) is 28.0 Å². The van der Waals surface area contributed by atoms with Crippen molar-refractivity contribution in [2.75, 3.05) is 10.2 Å². The zero-order valence-electron chi connectivity index (χ0n) is 15.9. The molecular formula is C23H13BrN4O3. The number of imide groups is 1. The van der Waals surface area contributed by atoms with Gasteiger partial charge in [-0.05, 0) is 54.6 Å². The highest BCUT2D eigenvalue weighted by Gasteiger charge is 2.40. The van der Waals surface area contributed by atoms with E-state index in [0.717, 1.165) is 9.37 Å². The fourth-order valence-electron chi connectivity index (χ4n) is 3.37. The molecule has 0 fully saturated rings. The van der Waals surface area contributed by atoms with Crippen LogP contribution in [0.1, 0.15) is 31.3 Å². The van der Waals surface area contributed by atoms with Gasteiger partial charge in [-0.15, -0.1) is 0 Å². The molecule has 0 unspecified atom stereocenters. The van der Waals surface area contributed by atoms with Crippen LogP contribution < -0.4 is 10.2 Å². The van der Waals surface area contributed by atoms with Crippen molar-refractivity contribution in [3.05, 3.63) is 94.2 Å². The Bertz CT molecular complexity index is 1330. The van der Waals surface area contributed by atoms with Crippen molar-refractivity contribution in [2.45, 2.75) is 0 Å². The number of carbonyl (C=O) groups excluding carboxylic acids is 3. The average molecular weight is 473 g/mol. The van der Waals surface area contributed by atoms with Crippen molar-refractivity contribution in [3.63, 3.8) is 0 Å². The second-order valence-corrected chi connectivity index (χ2v) is 7.78. The van der Waals surface area contributed by atoms with Crippen molar-refractivity contribution < 1.29 is 14.4 Å². The van der Waals surface area contributed by atoms with Crippen LogP contribution in [0, 0.1) is 0 Å². The quantitative estimate of drug-likeness (QED) is 0.444. The molecule has 1 aromatic heterocycles. The molecule has 0 bridgehead atoms. The number of rotatable bonds is 3. The van der Waals surface area contributed by atoms with Crippen LogP contribution in [-0.4, -0.2) is 27.7 Å². The Kier molecular flexibility index (Phi) is 4.56. The highest BCUT2D eigenvalue weighted by atomic mass is 79.9. The number of nitrogens with zero attached hydrogens (tertiary/aromatic N) is 3. The Balaban J connectivity index is 1.41. The van der Waals surface area contributed by atoms with Gasteiger partial charge in [0, 0.05) is 15.7 Å². The lowest BCUT2D eigenvalue weighted by Crippen LogP contribution is -2.29. The van der Waals surface area contributed by atoms with Gasteiger partial charge in [-0.1, -0.05) is 34.1 Å². The molecular weight excluding hydrogens is 460 g/mol. The highest BCUT2D eigenvalue weighted by Crippen LogP contribution is 2.28. The van der Waals surface area contributed by atoms with Gasteiger partial charge in [0.25, 0.3) is 17.7 Å². The van der Waals surface area contributed by atoms with Crippen LogP contribution in [-0.2, 0) is 0 Å². The maximum absolute atomic E-state index is 12.9. The minimum Gasteiger partial charge on any atom is -0.322 e. The third-order valence-electron chi connectivity index (χ3n) is 4.85. The van der Waals surface area contributed by atoms with E-state index in [1.165, 1.54) is 0 Å². The first-order valence-corrected chi connectivity index (χ1v) is 10.1. The molecule has 1 aliphatic heterocycles. The summed E-state index contributed by atoms with van der Waals surface area (Å²) in [4.78, 5) is 47.9. The van der Waals surface area contributed by atoms with E-state index in [1.807, 2.05) is 12.1 Å². The Morgan fingerprint density at radius 2 is 1.42 bits per heavy atom. The zero-order chi connectivity index (χ0) is 21.5. The largest absolute Gasteiger partial charge is 0.322 e. The normalized spacial score (nSPS) is 12.9. The van der Waals surface area contributed by atoms with E-state index in [1.54, 1.807) is 60.7 Å². The Hall–Kier alpha value is -3.91. The fourth-order valence-corrected chi connectivity index (χ4v) is 3.77. The molecule has 1 aliphatic rings. The summed E-state index contributed by atoms with van der Waals surface area (Å²) in [6.07, 6.45) is 0. The molecule has 1 N–H and O–H groups in total. The van der Waals surface area contributed by atoms with Crippen LogP contribution in [0.4, 0.5) is 11.4 Å². The topological polar surface area (TPSA) is 92.3 Å². The molecule has 31 heavy (non-hydrogen) atoms. The summed E-state index contributed by atoms with van der Waals surface area (Å²) in [6.45, 7) is 0. The van der Waals surface area contributed by atoms with Gasteiger partial charge in [0.1, 0.15) is 0 Å². The molecule has 3 aromatic carbocycles. The number of anilines is 2. The predicted octanol–water partition coefficient (Wildman–Crippen LogP) is 4.45. The number of benzene rings is 3. The number of para-hydroxylation sites is 2. The first kappa shape index (κ1) is 19.1. The van der Waals surface area contributed by atoms with Crippen LogP contribution >= 0.6 is 15.9 Å². The maximum Gasteiger partial charge on any atom is 0.286 e. The minimum atomic E-state index is -0.537. The number of hydrogen-bond donors (Lipinski definition) is 1. The number of halogens is 1. The van der Waals surface area contributed by atoms with Gasteiger partial charge in [0.15, 0.2) is 11.4 Å². The SMILES string of the molecule is O=C(Nc1cccc(Br)c1)c1ccc(N2C(=O)c3nc4ccccc4nc3C2=O)cc1. The third kappa shape index (κ3) is 3.36. The molecule has 0 atom stereocenters. The number of carbonyl (C=O) groups is 3. The summed E-state index contributed by atoms with van der Waals surface area (Å²) >= 11 is 3.36. The Morgan fingerprint density at radius 1 is 0.806 bits per heavy atom. The molecule has 150 valence electrons. The molecule has 4 aromatic rings. The molecule has 0 saturated heterocycles. The van der Waals surface area contributed by atoms with Crippen molar-refractivity contribution in [1.29, 1.82) is 0 Å². The summed E-state index contributed by atoms with van der Waals surface area (Å²) in [5.74, 6) is -1.38. The average Bonchev–Trinajstić information content (AvgIpc) is 3.02. The molecule has 0 saturated carbocycles. The lowest BCUT2D eigenvalue weighted by molar-refractivity contribution is 0.0922. The molecule has 0 aliphatic carbocycles. The van der Waals surface area contributed by atoms with E-state index >= 15 is 0 Å². The van der Waals surface area contributed by atoms with Crippen LogP contribution in [0.3, 0.4) is 0 Å². The van der Waals surface area contributed by atoms with Gasteiger partial charge in [0.05, 0.1) is 16.7 Å². The van der Waals surface area contributed by atoms with Gasteiger partial charge in [-0.25, -0.2) is 14.9 Å². The van der Waals surface area contributed by atoms with Gasteiger partial charge < -0.3 is 5.32 Å². The highest BCUT2D eigenvalue weighted by molar-refractivity contribution is 9.10. The number of nitrogens with one attached hydrogen (secondary N) is 1. The van der Waals surface area contributed by atoms with E-state index < -0.39 is 11.8 Å². The summed E-state index contributed by atoms with van der Waals surface area (Å²) in [5.41, 5.74) is 2.53. The summed E-state index contributed by atoms with van der Waals surface area (Å²) in [7, 11) is 0. The minimum absolute atomic E-state index is 0.0279. The van der Waals surface area contributed by atoms with Crippen molar-refractivity contribution in [3.8, 4) is 0 Å². The first-order chi connectivity index (χ1) is 15.0. The molecule has 5 rings (SSSR count). The van der Waals surface area contributed by atoms with Gasteiger partial charge in [-0.2, -0.15) is 0 Å². The molecule has 0 radical (unpaired) electrons. The van der Waals surface area contributed by atoms with Crippen molar-refractivity contribution in [2.24, 2.45) is 0 Å². The monoisotopic (exact) mass is 472 g/mol. The van der Waals surface area contributed by atoms with Gasteiger partial charge in [0.2, 0.25) is 0 Å². The predicted molar refractivity (Wildman–Crippen MR) is 119 cm³/mol. The molecule has 0 spiro atoms. The second kappa shape index (κ2) is 7.41. The molecule has 8 heteroatoms. The zero-order valence-corrected chi connectivity index (χ0v) is 17.5. The first-order valence-electron chi connectivity index (χ1n) is 9.34. The van der Waals surface area contributed by atoms with E-state index in [2.05, 4.69) is 31.2 Å². The van der Waals surface area contributed by atoms with E-state index in [9.17, 15) is 14.4 Å². The number of aromatic nitrogens is 2. The summed E-state index contributed by atoms with van der Waals surface area (Å²) in [5, 5.41) is 2.80. The number of hydrogen-bond acceptors (Lipinski definition) is 5. The lowest BCUT2D eigenvalue weighted by atomic mass is 10.1. The van der Waals surface area contributed by atoms with Crippen molar-refractivity contribution >= 4 is 56.1 Å². The van der Waals surface area contributed by atoms with E-state index in [4.69, 9.17) is 0 Å². The molecule has 2 heterocycles. The Labute approximate surface area is 184 Å². The van der Waals surface area contributed by atoms with Crippen LogP contribution in [0.2, 0.25) is 0 Å². The number of amides is 3. The fraction of sp³-hybridized carbons (Fsp3) is 0. The summed E-state index contributed by atoms with van der Waals surface area (Å²) in [6, 6.07) is 20.5. The van der Waals surface area contributed by atoms with Crippen LogP contribution in [0.25, 0.3) is 11.0 Å². The standard InChI is InChI=1S/C23H13BrN4O3/c24-14-4-3-5-15(12-14)25-21(29)13-8-10-16(11-9-13)28-22(30)19-20(23(28)31)27-18-7-2-1-6-17(18)26-19/h1-12H,(H,25,29). The van der Waals surface area contributed by atoms with Gasteiger partial charge in [-0.3, -0.25) is 14.4 Å². The van der Waals surface area contributed by atoms with Gasteiger partial charge >= 0.3 is 0 Å². The van der Waals surface area contributed by atoms with Crippen molar-refractivity contribution in [1.82, 2.24) is 9.97 Å². The number of fused-ring (bicyclic) bond motifs is 2. The second-order valence-electron chi connectivity index (χ2n) is 6.87. The lowest BCUT2D eigenvalue weighted by Gasteiger charge is -2.13. The van der Waals surface area contributed by atoms with E-state index in [-0.39, 0.29) is 17.3 Å². The smallest absolute Gasteiger partial charge is 0.286 e. The third-order valence-corrected chi connectivity index (χ3v) is 5.35. The van der Waals surface area contributed by atoms with Crippen LogP contribution in [0.5, 0.6) is 0 Å². The maximum atomic E-state index is 12.9.